The summed E-state index contributed by atoms with van der Waals surface area (Å²) in [4.78, 5) is 22.3. The summed E-state index contributed by atoms with van der Waals surface area (Å²) in [5.74, 6) is -0.731. The van der Waals surface area contributed by atoms with E-state index in [2.05, 4.69) is 10.1 Å². The first-order valence-electron chi connectivity index (χ1n) is 4.73. The van der Waals surface area contributed by atoms with Crippen molar-refractivity contribution in [3.05, 3.63) is 29.8 Å². The van der Waals surface area contributed by atoms with E-state index in [1.165, 1.54) is 18.2 Å². The van der Waals surface area contributed by atoms with Crippen molar-refractivity contribution >= 4 is 11.9 Å². The van der Waals surface area contributed by atoms with E-state index >= 15 is 0 Å². The second kappa shape index (κ2) is 4.36. The van der Waals surface area contributed by atoms with E-state index in [9.17, 15) is 18.4 Å². The van der Waals surface area contributed by atoms with Gasteiger partial charge >= 0.3 is 12.6 Å². The van der Waals surface area contributed by atoms with E-state index in [1.807, 2.05) is 5.32 Å². The monoisotopic (exact) mass is 242 g/mol. The molecule has 5 nitrogen and oxygen atoms in total. The van der Waals surface area contributed by atoms with Crippen LogP contribution in [0.1, 0.15) is 11.6 Å². The molecule has 1 atom stereocenters. The molecule has 3 amide bonds. The van der Waals surface area contributed by atoms with Crippen LogP contribution in [0.25, 0.3) is 0 Å². The highest BCUT2D eigenvalue weighted by molar-refractivity contribution is 6.04. The lowest BCUT2D eigenvalue weighted by Gasteiger charge is -2.13. The number of para-hydroxylation sites is 1. The zero-order chi connectivity index (χ0) is 12.4. The van der Waals surface area contributed by atoms with Crippen LogP contribution in [-0.2, 0) is 4.79 Å². The Bertz CT molecular complexity index is 465. The lowest BCUT2D eigenvalue weighted by Crippen LogP contribution is -2.22. The topological polar surface area (TPSA) is 67.4 Å². The fraction of sp³-hybridized carbons (Fsp3) is 0.200. The second-order valence-corrected chi connectivity index (χ2v) is 3.31. The van der Waals surface area contributed by atoms with Gasteiger partial charge in [0.1, 0.15) is 11.8 Å². The van der Waals surface area contributed by atoms with Gasteiger partial charge in [0, 0.05) is 5.56 Å². The van der Waals surface area contributed by atoms with Crippen molar-refractivity contribution in [2.24, 2.45) is 0 Å². The number of urea groups is 1. The number of nitrogens with one attached hydrogen (secondary N) is 2. The molecule has 0 bridgehead atoms. The van der Waals surface area contributed by atoms with Crippen molar-refractivity contribution in [1.82, 2.24) is 10.6 Å². The van der Waals surface area contributed by atoms with Gasteiger partial charge in [0.05, 0.1) is 0 Å². The molecule has 0 spiro atoms. The summed E-state index contributed by atoms with van der Waals surface area (Å²) in [6.45, 7) is -2.99. The summed E-state index contributed by atoms with van der Waals surface area (Å²) in [5, 5.41) is 4.32. The van der Waals surface area contributed by atoms with Crippen molar-refractivity contribution in [2.45, 2.75) is 12.7 Å². The molecule has 0 aliphatic carbocycles. The molecule has 1 aromatic carbocycles. The maximum Gasteiger partial charge on any atom is 0.387 e. The van der Waals surface area contributed by atoms with Crippen molar-refractivity contribution in [2.75, 3.05) is 0 Å². The fourth-order valence-electron chi connectivity index (χ4n) is 1.56. The first-order valence-corrected chi connectivity index (χ1v) is 4.73. The molecular weight excluding hydrogens is 234 g/mol. The summed E-state index contributed by atoms with van der Waals surface area (Å²) in [6.07, 6.45) is 0. The number of carbonyl (C=O) groups is 2. The molecule has 1 saturated heterocycles. The number of imide groups is 1. The van der Waals surface area contributed by atoms with Crippen molar-refractivity contribution < 1.29 is 23.1 Å². The minimum absolute atomic E-state index is 0.134. The smallest absolute Gasteiger partial charge is 0.387 e. The van der Waals surface area contributed by atoms with Crippen LogP contribution in [0.5, 0.6) is 5.75 Å². The van der Waals surface area contributed by atoms with Crippen molar-refractivity contribution in [1.29, 1.82) is 0 Å². The largest absolute Gasteiger partial charge is 0.434 e. The molecule has 2 rings (SSSR count). The Balaban J connectivity index is 2.31. The first kappa shape index (κ1) is 11.3. The molecule has 7 heteroatoms. The molecule has 90 valence electrons. The zero-order valence-electron chi connectivity index (χ0n) is 8.44. The summed E-state index contributed by atoms with van der Waals surface area (Å²) in [7, 11) is 0. The number of halogens is 2. The number of ether oxygens (including phenoxy) is 1. The van der Waals surface area contributed by atoms with Crippen LogP contribution >= 0.6 is 0 Å². The molecule has 0 saturated carbocycles. The summed E-state index contributed by atoms with van der Waals surface area (Å²) in [5.41, 5.74) is 0.191. The van der Waals surface area contributed by atoms with Gasteiger partial charge in [0.2, 0.25) is 0 Å². The van der Waals surface area contributed by atoms with Crippen LogP contribution < -0.4 is 15.4 Å². The van der Waals surface area contributed by atoms with Crippen molar-refractivity contribution in [3.63, 3.8) is 0 Å². The van der Waals surface area contributed by atoms with Crippen LogP contribution in [0.4, 0.5) is 13.6 Å². The molecule has 2 N–H and O–H groups in total. The third-order valence-electron chi connectivity index (χ3n) is 2.22. The molecular formula is C10H8F2N2O3. The first-order chi connectivity index (χ1) is 8.08. The minimum atomic E-state index is -2.99. The highest BCUT2D eigenvalue weighted by Crippen LogP contribution is 2.28. The zero-order valence-corrected chi connectivity index (χ0v) is 8.44. The van der Waals surface area contributed by atoms with Crippen LogP contribution in [0, 0.1) is 0 Å². The molecule has 1 aliphatic heterocycles. The van der Waals surface area contributed by atoms with Gasteiger partial charge in [-0.05, 0) is 6.07 Å². The van der Waals surface area contributed by atoms with E-state index in [0.717, 1.165) is 0 Å². The molecule has 0 aromatic heterocycles. The van der Waals surface area contributed by atoms with Crippen LogP contribution in [0.2, 0.25) is 0 Å². The lowest BCUT2D eigenvalue weighted by molar-refractivity contribution is -0.120. The Kier molecular flexibility index (Phi) is 2.90. The van der Waals surface area contributed by atoms with Gasteiger partial charge in [0.15, 0.2) is 0 Å². The quantitative estimate of drug-likeness (QED) is 0.782. The number of rotatable bonds is 3. The van der Waals surface area contributed by atoms with Crippen LogP contribution in [0.15, 0.2) is 24.3 Å². The number of amides is 3. The second-order valence-electron chi connectivity index (χ2n) is 3.31. The number of benzene rings is 1. The molecule has 1 aromatic rings. The van der Waals surface area contributed by atoms with E-state index < -0.39 is 24.6 Å². The lowest BCUT2D eigenvalue weighted by atomic mass is 10.1. The Morgan fingerprint density at radius 2 is 1.94 bits per heavy atom. The predicted octanol–water partition coefficient (Wildman–Crippen LogP) is 1.17. The number of hydrogen-bond donors (Lipinski definition) is 2. The Labute approximate surface area is 94.8 Å². The SMILES string of the molecule is O=C1NC(=O)C(c2ccccc2OC(F)F)N1. The van der Waals surface area contributed by atoms with E-state index in [4.69, 9.17) is 0 Å². The molecule has 1 fully saturated rings. The standard InChI is InChI=1S/C10H8F2N2O3/c11-9(12)17-6-4-2-1-3-5(6)7-8(15)14-10(16)13-7/h1-4,7,9H,(H2,13,14,15,16). The average Bonchev–Trinajstić information content (AvgIpc) is 2.58. The molecule has 17 heavy (non-hydrogen) atoms. The highest BCUT2D eigenvalue weighted by Gasteiger charge is 2.33. The predicted molar refractivity (Wildman–Crippen MR) is 52.5 cm³/mol. The number of carbonyl (C=O) groups excluding carboxylic acids is 2. The van der Waals surface area contributed by atoms with Crippen LogP contribution in [0.3, 0.4) is 0 Å². The summed E-state index contributed by atoms with van der Waals surface area (Å²) >= 11 is 0. The van der Waals surface area contributed by atoms with Gasteiger partial charge in [-0.1, -0.05) is 18.2 Å². The van der Waals surface area contributed by atoms with Gasteiger partial charge in [-0.15, -0.1) is 0 Å². The molecule has 1 aliphatic rings. The third kappa shape index (κ3) is 2.32. The van der Waals surface area contributed by atoms with Crippen molar-refractivity contribution in [3.8, 4) is 5.75 Å². The highest BCUT2D eigenvalue weighted by atomic mass is 19.3. The van der Waals surface area contributed by atoms with Crippen LogP contribution in [-0.4, -0.2) is 18.5 Å². The third-order valence-corrected chi connectivity index (χ3v) is 2.22. The maximum atomic E-state index is 12.2. The summed E-state index contributed by atoms with van der Waals surface area (Å²) in [6, 6.07) is 4.14. The minimum Gasteiger partial charge on any atom is -0.434 e. The average molecular weight is 242 g/mol. The van der Waals surface area contributed by atoms with Gasteiger partial charge in [-0.3, -0.25) is 10.1 Å². The molecule has 1 unspecified atom stereocenters. The van der Waals surface area contributed by atoms with E-state index in [1.54, 1.807) is 6.07 Å². The van der Waals surface area contributed by atoms with E-state index in [0.29, 0.717) is 0 Å². The Morgan fingerprint density at radius 3 is 2.53 bits per heavy atom. The molecule has 0 radical (unpaired) electrons. The number of hydrogen-bond acceptors (Lipinski definition) is 3. The van der Waals surface area contributed by atoms with Gasteiger partial charge in [-0.2, -0.15) is 8.78 Å². The van der Waals surface area contributed by atoms with Gasteiger partial charge in [0.25, 0.3) is 5.91 Å². The van der Waals surface area contributed by atoms with Gasteiger partial charge < -0.3 is 10.1 Å². The Hall–Kier alpha value is -2.18. The Morgan fingerprint density at radius 1 is 1.24 bits per heavy atom. The van der Waals surface area contributed by atoms with E-state index in [-0.39, 0.29) is 11.3 Å². The maximum absolute atomic E-state index is 12.2. The fourth-order valence-corrected chi connectivity index (χ4v) is 1.56. The van der Waals surface area contributed by atoms with Gasteiger partial charge in [-0.25, -0.2) is 4.79 Å². The summed E-state index contributed by atoms with van der Waals surface area (Å²) < 4.78 is 28.6. The molecule has 1 heterocycles. The number of alkyl halides is 2. The normalized spacial score (nSPS) is 19.1.